The average Bonchev–Trinajstić information content (AvgIpc) is 3.09. The van der Waals surface area contributed by atoms with E-state index in [2.05, 4.69) is 15.3 Å². The molecule has 2 aliphatic heterocycles. The lowest BCUT2D eigenvalue weighted by atomic mass is 10.1. The molecule has 2 fully saturated rings. The lowest BCUT2D eigenvalue weighted by Gasteiger charge is -2.31. The largest absolute Gasteiger partial charge is 0.370 e. The lowest BCUT2D eigenvalue weighted by molar-refractivity contribution is -0.116. The molecule has 8 nitrogen and oxygen atoms in total. The van der Waals surface area contributed by atoms with Gasteiger partial charge in [-0.25, -0.2) is 8.42 Å². The predicted molar refractivity (Wildman–Crippen MR) is 135 cm³/mol. The Hall–Kier alpha value is -2.39. The highest BCUT2D eigenvalue weighted by Gasteiger charge is 2.27. The monoisotopic (exact) mass is 487 g/mol. The molecule has 2 aliphatic rings. The van der Waals surface area contributed by atoms with Gasteiger partial charge in [-0.05, 0) is 76.1 Å². The third-order valence-electron chi connectivity index (χ3n) is 7.15. The first-order chi connectivity index (χ1) is 16.3. The Labute approximate surface area is 203 Å². The van der Waals surface area contributed by atoms with E-state index in [4.69, 9.17) is 0 Å². The summed E-state index contributed by atoms with van der Waals surface area (Å²) < 4.78 is 30.0. The van der Waals surface area contributed by atoms with Crippen LogP contribution in [0.5, 0.6) is 0 Å². The third-order valence-corrected chi connectivity index (χ3v) is 9.05. The fourth-order valence-electron chi connectivity index (χ4n) is 5.07. The van der Waals surface area contributed by atoms with Crippen LogP contribution in [-0.4, -0.2) is 54.6 Å². The van der Waals surface area contributed by atoms with Crippen LogP contribution in [0.15, 0.2) is 23.1 Å². The number of anilines is 2. The van der Waals surface area contributed by atoms with Crippen molar-refractivity contribution in [3.63, 3.8) is 0 Å². The molecular weight excluding hydrogens is 450 g/mol. The lowest BCUT2D eigenvalue weighted by Crippen LogP contribution is -2.35. The topological polar surface area (TPSA) is 87.5 Å². The van der Waals surface area contributed by atoms with Crippen LogP contribution >= 0.6 is 0 Å². The van der Waals surface area contributed by atoms with Gasteiger partial charge in [-0.3, -0.25) is 9.48 Å². The van der Waals surface area contributed by atoms with E-state index in [1.54, 1.807) is 16.4 Å². The third kappa shape index (κ3) is 5.30. The maximum absolute atomic E-state index is 13.3. The summed E-state index contributed by atoms with van der Waals surface area (Å²) in [5, 5.41) is 7.49. The minimum Gasteiger partial charge on any atom is -0.370 e. The van der Waals surface area contributed by atoms with Crippen LogP contribution in [-0.2, 0) is 28.3 Å². The van der Waals surface area contributed by atoms with Crippen molar-refractivity contribution >= 4 is 27.3 Å². The van der Waals surface area contributed by atoms with Crippen molar-refractivity contribution in [2.24, 2.45) is 7.05 Å². The van der Waals surface area contributed by atoms with Gasteiger partial charge in [-0.1, -0.05) is 6.42 Å². The van der Waals surface area contributed by atoms with Gasteiger partial charge in [-0.15, -0.1) is 0 Å². The number of rotatable bonds is 7. The average molecular weight is 488 g/mol. The normalized spacial score (nSPS) is 17.7. The van der Waals surface area contributed by atoms with Crippen molar-refractivity contribution in [3.05, 3.63) is 35.2 Å². The molecule has 34 heavy (non-hydrogen) atoms. The van der Waals surface area contributed by atoms with E-state index < -0.39 is 10.0 Å². The van der Waals surface area contributed by atoms with Crippen LogP contribution in [0.3, 0.4) is 0 Å². The van der Waals surface area contributed by atoms with Gasteiger partial charge in [0.2, 0.25) is 15.9 Å². The fourth-order valence-corrected chi connectivity index (χ4v) is 6.61. The van der Waals surface area contributed by atoms with Gasteiger partial charge < -0.3 is 10.2 Å². The Morgan fingerprint density at radius 3 is 2.26 bits per heavy atom. The quantitative estimate of drug-likeness (QED) is 0.642. The van der Waals surface area contributed by atoms with Crippen molar-refractivity contribution in [3.8, 4) is 0 Å². The number of amides is 1. The van der Waals surface area contributed by atoms with Crippen LogP contribution in [0.2, 0.25) is 0 Å². The number of nitrogens with zero attached hydrogens (tertiary/aromatic N) is 4. The molecule has 1 aromatic heterocycles. The Kier molecular flexibility index (Phi) is 7.62. The Morgan fingerprint density at radius 2 is 1.65 bits per heavy atom. The van der Waals surface area contributed by atoms with Crippen molar-refractivity contribution in [1.29, 1.82) is 0 Å². The van der Waals surface area contributed by atoms with Crippen molar-refractivity contribution in [2.75, 3.05) is 36.4 Å². The number of carbonyl (C=O) groups is 1. The van der Waals surface area contributed by atoms with Crippen LogP contribution in [0.25, 0.3) is 0 Å². The molecular formula is C25H37N5O3S. The van der Waals surface area contributed by atoms with E-state index in [-0.39, 0.29) is 10.8 Å². The maximum atomic E-state index is 13.3. The van der Waals surface area contributed by atoms with Gasteiger partial charge in [0.25, 0.3) is 0 Å². The maximum Gasteiger partial charge on any atom is 0.243 e. The number of nitrogens with one attached hydrogen (secondary N) is 1. The number of piperidine rings is 2. The Bertz CT molecular complexity index is 1130. The number of aromatic nitrogens is 2. The van der Waals surface area contributed by atoms with Gasteiger partial charge in [-0.2, -0.15) is 9.40 Å². The predicted octanol–water partition coefficient (Wildman–Crippen LogP) is 3.77. The molecule has 0 unspecified atom stereocenters. The zero-order chi connectivity index (χ0) is 24.3. The molecule has 1 N–H and O–H groups in total. The molecule has 2 saturated heterocycles. The molecule has 0 atom stereocenters. The molecule has 0 radical (unpaired) electrons. The molecule has 0 aliphatic carbocycles. The second kappa shape index (κ2) is 10.5. The molecule has 0 bridgehead atoms. The van der Waals surface area contributed by atoms with Gasteiger partial charge in [0.05, 0.1) is 22.0 Å². The van der Waals surface area contributed by atoms with Crippen molar-refractivity contribution in [2.45, 2.75) is 70.1 Å². The smallest absolute Gasteiger partial charge is 0.243 e. The van der Waals surface area contributed by atoms with Crippen LogP contribution in [0, 0.1) is 13.8 Å². The number of aryl methyl sites for hydroxylation is 2. The van der Waals surface area contributed by atoms with Gasteiger partial charge >= 0.3 is 0 Å². The SMILES string of the molecule is Cc1nn(C)c(C)c1CCC(=O)Nc1cc(S(=O)(=O)N2CCCCC2)ccc1N1CCCCC1. The van der Waals surface area contributed by atoms with Gasteiger partial charge in [0, 0.05) is 45.3 Å². The molecule has 9 heteroatoms. The highest BCUT2D eigenvalue weighted by molar-refractivity contribution is 7.89. The minimum atomic E-state index is -3.58. The molecule has 2 aromatic rings. The van der Waals surface area contributed by atoms with Gasteiger partial charge in [0.15, 0.2) is 0 Å². The summed E-state index contributed by atoms with van der Waals surface area (Å²) in [4.78, 5) is 15.5. The zero-order valence-corrected chi connectivity index (χ0v) is 21.5. The first-order valence-electron chi connectivity index (χ1n) is 12.5. The van der Waals surface area contributed by atoms with Crippen molar-refractivity contribution in [1.82, 2.24) is 14.1 Å². The molecule has 1 aromatic carbocycles. The van der Waals surface area contributed by atoms with Crippen LogP contribution < -0.4 is 10.2 Å². The summed E-state index contributed by atoms with van der Waals surface area (Å²) in [6.45, 7) is 6.91. The Morgan fingerprint density at radius 1 is 1.00 bits per heavy atom. The standard InChI is InChI=1S/C25H37N5O3S/c1-19-22(20(2)28(3)27-19)11-13-25(31)26-23-18-21(34(32,33)30-16-8-5-9-17-30)10-12-24(23)29-14-6-4-7-15-29/h10,12,18H,4-9,11,13-17H2,1-3H3,(H,26,31). The summed E-state index contributed by atoms with van der Waals surface area (Å²) in [5.74, 6) is -0.117. The minimum absolute atomic E-state index is 0.117. The van der Waals surface area contributed by atoms with E-state index in [9.17, 15) is 13.2 Å². The number of hydrogen-bond acceptors (Lipinski definition) is 5. The van der Waals surface area contributed by atoms with E-state index >= 15 is 0 Å². The first kappa shape index (κ1) is 24.7. The van der Waals surface area contributed by atoms with Crippen LogP contribution in [0.1, 0.15) is 61.9 Å². The molecule has 3 heterocycles. The molecule has 186 valence electrons. The van der Waals surface area contributed by atoms with E-state index in [1.807, 2.05) is 31.6 Å². The summed E-state index contributed by atoms with van der Waals surface area (Å²) in [7, 11) is -1.67. The summed E-state index contributed by atoms with van der Waals surface area (Å²) in [6, 6.07) is 5.23. The summed E-state index contributed by atoms with van der Waals surface area (Å²) >= 11 is 0. The zero-order valence-electron chi connectivity index (χ0n) is 20.6. The van der Waals surface area contributed by atoms with Crippen molar-refractivity contribution < 1.29 is 13.2 Å². The number of hydrogen-bond donors (Lipinski definition) is 1. The molecule has 1 amide bonds. The molecule has 0 spiro atoms. The summed E-state index contributed by atoms with van der Waals surface area (Å²) in [5.41, 5.74) is 4.59. The number of carbonyl (C=O) groups excluding carboxylic acids is 1. The number of sulfonamides is 1. The summed E-state index contributed by atoms with van der Waals surface area (Å²) in [6.07, 6.45) is 7.16. The number of benzene rings is 1. The van der Waals surface area contributed by atoms with E-state index in [0.717, 1.165) is 67.8 Å². The first-order valence-corrected chi connectivity index (χ1v) is 13.9. The van der Waals surface area contributed by atoms with Gasteiger partial charge in [0.1, 0.15) is 0 Å². The van der Waals surface area contributed by atoms with Crippen LogP contribution in [0.4, 0.5) is 11.4 Å². The van der Waals surface area contributed by atoms with E-state index in [0.29, 0.717) is 31.6 Å². The molecule has 4 rings (SSSR count). The molecule has 0 saturated carbocycles. The van der Waals surface area contributed by atoms with E-state index in [1.165, 1.54) is 6.42 Å². The second-order valence-electron chi connectivity index (χ2n) is 9.51. The second-order valence-corrected chi connectivity index (χ2v) is 11.5. The highest BCUT2D eigenvalue weighted by atomic mass is 32.2. The highest BCUT2D eigenvalue weighted by Crippen LogP contribution is 2.33. The Balaban J connectivity index is 1.57. The fraction of sp³-hybridized carbons (Fsp3) is 0.600.